The standard InChI is InChI=1S/C24H31NO3S/c1-27-20-7-11-23(12-8-20)29(26)24-13-9-21(10-14-24)28-22-15-17-25(18-16-22)19-5-3-2-4-6-19/h7-14,19,22H,2-6,15-18H2,1H3. The van der Waals surface area contributed by atoms with E-state index in [-0.39, 0.29) is 6.10 Å². The molecule has 5 heteroatoms. The van der Waals surface area contributed by atoms with Crippen LogP contribution < -0.4 is 9.47 Å². The number of benzene rings is 2. The summed E-state index contributed by atoms with van der Waals surface area (Å²) in [4.78, 5) is 4.24. The minimum Gasteiger partial charge on any atom is -0.497 e. The lowest BCUT2D eigenvalue weighted by Gasteiger charge is -2.39. The number of ether oxygens (including phenoxy) is 2. The fraction of sp³-hybridized carbons (Fsp3) is 0.500. The van der Waals surface area contributed by atoms with Gasteiger partial charge < -0.3 is 14.4 Å². The van der Waals surface area contributed by atoms with Gasteiger partial charge >= 0.3 is 0 Å². The highest BCUT2D eigenvalue weighted by molar-refractivity contribution is 7.85. The molecular weight excluding hydrogens is 382 g/mol. The Morgan fingerprint density at radius 2 is 1.34 bits per heavy atom. The van der Waals surface area contributed by atoms with Crippen molar-refractivity contribution in [2.75, 3.05) is 20.2 Å². The molecule has 0 spiro atoms. The van der Waals surface area contributed by atoms with Gasteiger partial charge in [0.05, 0.1) is 17.9 Å². The van der Waals surface area contributed by atoms with E-state index in [0.717, 1.165) is 53.3 Å². The van der Waals surface area contributed by atoms with E-state index in [1.165, 1.54) is 32.1 Å². The molecule has 1 saturated carbocycles. The topological polar surface area (TPSA) is 38.8 Å². The summed E-state index contributed by atoms with van der Waals surface area (Å²) in [5.74, 6) is 1.64. The predicted molar refractivity (Wildman–Crippen MR) is 116 cm³/mol. The second-order valence-corrected chi connectivity index (χ2v) is 9.54. The van der Waals surface area contributed by atoms with Gasteiger partial charge in [-0.25, -0.2) is 4.21 Å². The molecule has 2 aliphatic rings. The van der Waals surface area contributed by atoms with E-state index in [1.807, 2.05) is 48.5 Å². The van der Waals surface area contributed by atoms with Crippen molar-refractivity contribution in [3.8, 4) is 11.5 Å². The van der Waals surface area contributed by atoms with Gasteiger partial charge in [0.1, 0.15) is 17.6 Å². The summed E-state index contributed by atoms with van der Waals surface area (Å²) in [6.07, 6.45) is 9.42. The first-order valence-electron chi connectivity index (χ1n) is 10.8. The van der Waals surface area contributed by atoms with Crippen molar-refractivity contribution in [2.24, 2.45) is 0 Å². The number of hydrogen-bond donors (Lipinski definition) is 0. The van der Waals surface area contributed by atoms with Crippen molar-refractivity contribution in [1.29, 1.82) is 0 Å². The summed E-state index contributed by atoms with van der Waals surface area (Å²) >= 11 is 0. The summed E-state index contributed by atoms with van der Waals surface area (Å²) in [5, 5.41) is 0. The zero-order valence-corrected chi connectivity index (χ0v) is 18.0. The molecule has 4 rings (SSSR count). The summed E-state index contributed by atoms with van der Waals surface area (Å²) in [6.45, 7) is 2.30. The molecule has 4 nitrogen and oxygen atoms in total. The van der Waals surface area contributed by atoms with Crippen LogP contribution in [0.3, 0.4) is 0 Å². The van der Waals surface area contributed by atoms with Gasteiger partial charge in [-0.05, 0) is 74.2 Å². The van der Waals surface area contributed by atoms with E-state index >= 15 is 0 Å². The van der Waals surface area contributed by atoms with Gasteiger partial charge in [-0.1, -0.05) is 19.3 Å². The van der Waals surface area contributed by atoms with Crippen molar-refractivity contribution in [1.82, 2.24) is 4.90 Å². The minimum absolute atomic E-state index is 0.285. The molecule has 2 aromatic carbocycles. The number of methoxy groups -OCH3 is 1. The van der Waals surface area contributed by atoms with Crippen LogP contribution in [0.4, 0.5) is 0 Å². The summed E-state index contributed by atoms with van der Waals surface area (Å²) in [5.41, 5.74) is 0. The van der Waals surface area contributed by atoms with Crippen LogP contribution in [0.5, 0.6) is 11.5 Å². The fourth-order valence-corrected chi connectivity index (χ4v) is 5.51. The van der Waals surface area contributed by atoms with Crippen molar-refractivity contribution in [3.05, 3.63) is 48.5 Å². The van der Waals surface area contributed by atoms with Crippen LogP contribution in [0.2, 0.25) is 0 Å². The average Bonchev–Trinajstić information content (AvgIpc) is 2.80. The first-order chi connectivity index (χ1) is 14.2. The van der Waals surface area contributed by atoms with Gasteiger partial charge in [-0.2, -0.15) is 0 Å². The highest BCUT2D eigenvalue weighted by Crippen LogP contribution is 2.27. The zero-order valence-electron chi connectivity index (χ0n) is 17.2. The molecule has 2 fully saturated rings. The van der Waals surface area contributed by atoms with Crippen LogP contribution in [0.15, 0.2) is 58.3 Å². The molecule has 0 N–H and O–H groups in total. The van der Waals surface area contributed by atoms with Crippen molar-refractivity contribution < 1.29 is 13.7 Å². The number of nitrogens with zero attached hydrogens (tertiary/aromatic N) is 1. The molecule has 0 bridgehead atoms. The van der Waals surface area contributed by atoms with Crippen LogP contribution in [-0.2, 0) is 10.8 Å². The molecule has 0 aromatic heterocycles. The first kappa shape index (κ1) is 20.4. The maximum atomic E-state index is 12.8. The molecule has 0 radical (unpaired) electrons. The number of hydrogen-bond acceptors (Lipinski definition) is 4. The third-order valence-electron chi connectivity index (χ3n) is 6.18. The molecule has 1 aliphatic carbocycles. The average molecular weight is 414 g/mol. The molecule has 1 aliphatic heterocycles. The Kier molecular flexibility index (Phi) is 6.88. The number of rotatable bonds is 6. The Morgan fingerprint density at radius 3 is 1.90 bits per heavy atom. The lowest BCUT2D eigenvalue weighted by atomic mass is 9.92. The van der Waals surface area contributed by atoms with Crippen LogP contribution in [-0.4, -0.2) is 41.5 Å². The largest absolute Gasteiger partial charge is 0.497 e. The molecule has 1 heterocycles. The van der Waals surface area contributed by atoms with E-state index in [4.69, 9.17) is 9.47 Å². The first-order valence-corrected chi connectivity index (χ1v) is 11.9. The number of piperidine rings is 1. The molecule has 1 saturated heterocycles. The summed E-state index contributed by atoms with van der Waals surface area (Å²) in [7, 11) is 0.432. The lowest BCUT2D eigenvalue weighted by Crippen LogP contribution is -2.44. The highest BCUT2D eigenvalue weighted by Gasteiger charge is 2.26. The van der Waals surface area contributed by atoms with Gasteiger partial charge in [0.2, 0.25) is 0 Å². The molecule has 1 unspecified atom stereocenters. The second kappa shape index (κ2) is 9.77. The van der Waals surface area contributed by atoms with Crippen LogP contribution in [0.1, 0.15) is 44.9 Å². The Morgan fingerprint density at radius 1 is 0.793 bits per heavy atom. The lowest BCUT2D eigenvalue weighted by molar-refractivity contribution is 0.0630. The zero-order chi connectivity index (χ0) is 20.1. The van der Waals surface area contributed by atoms with Gasteiger partial charge in [0, 0.05) is 28.9 Å². The molecule has 1 atom stereocenters. The van der Waals surface area contributed by atoms with Crippen LogP contribution >= 0.6 is 0 Å². The Labute approximate surface area is 176 Å². The maximum absolute atomic E-state index is 12.8. The van der Waals surface area contributed by atoms with Crippen molar-refractivity contribution >= 4 is 10.8 Å². The quantitative estimate of drug-likeness (QED) is 0.665. The van der Waals surface area contributed by atoms with Crippen molar-refractivity contribution in [3.63, 3.8) is 0 Å². The molecule has 2 aromatic rings. The maximum Gasteiger partial charge on any atom is 0.119 e. The van der Waals surface area contributed by atoms with E-state index in [2.05, 4.69) is 4.90 Å². The SMILES string of the molecule is COc1ccc(S(=O)c2ccc(OC3CCN(C4CCCCC4)CC3)cc2)cc1. The normalized spacial score (nSPS) is 20.3. The Hall–Kier alpha value is -1.85. The minimum atomic E-state index is -1.20. The predicted octanol–water partition coefficient (Wildman–Crippen LogP) is 5.04. The van der Waals surface area contributed by atoms with Crippen LogP contribution in [0.25, 0.3) is 0 Å². The van der Waals surface area contributed by atoms with E-state index in [1.54, 1.807) is 7.11 Å². The molecule has 29 heavy (non-hydrogen) atoms. The van der Waals surface area contributed by atoms with Crippen LogP contribution in [0, 0.1) is 0 Å². The Bertz CT molecular complexity index is 792. The Balaban J connectivity index is 1.30. The van der Waals surface area contributed by atoms with Gasteiger partial charge in [-0.15, -0.1) is 0 Å². The molecular formula is C24H31NO3S. The van der Waals surface area contributed by atoms with Gasteiger partial charge in [0.25, 0.3) is 0 Å². The summed E-state index contributed by atoms with van der Waals surface area (Å²) < 4.78 is 24.1. The van der Waals surface area contributed by atoms with Crippen molar-refractivity contribution in [2.45, 2.75) is 66.9 Å². The smallest absolute Gasteiger partial charge is 0.119 e. The van der Waals surface area contributed by atoms with Gasteiger partial charge in [0.15, 0.2) is 0 Å². The monoisotopic (exact) mass is 413 g/mol. The second-order valence-electron chi connectivity index (χ2n) is 8.06. The third-order valence-corrected chi connectivity index (χ3v) is 7.58. The molecule has 0 amide bonds. The highest BCUT2D eigenvalue weighted by atomic mass is 32.2. The number of likely N-dealkylation sites (tertiary alicyclic amines) is 1. The van der Waals surface area contributed by atoms with E-state index in [0.29, 0.717) is 0 Å². The molecule has 156 valence electrons. The fourth-order valence-electron chi connectivity index (χ4n) is 4.47. The van der Waals surface area contributed by atoms with E-state index < -0.39 is 10.8 Å². The van der Waals surface area contributed by atoms with Gasteiger partial charge in [-0.3, -0.25) is 0 Å². The third kappa shape index (κ3) is 5.20. The van der Waals surface area contributed by atoms with E-state index in [9.17, 15) is 4.21 Å². The summed E-state index contributed by atoms with van der Waals surface area (Å²) in [6, 6.07) is 15.9.